The Labute approximate surface area is 97.0 Å². The molecule has 0 bridgehead atoms. The Hall–Kier alpha value is -1.29. The van der Waals surface area contributed by atoms with E-state index in [1.54, 1.807) is 0 Å². The molecule has 4 heteroatoms. The highest BCUT2D eigenvalue weighted by Gasteiger charge is 2.03. The van der Waals surface area contributed by atoms with Gasteiger partial charge in [0.15, 0.2) is 0 Å². The molecule has 15 heavy (non-hydrogen) atoms. The zero-order chi connectivity index (χ0) is 10.8. The van der Waals surface area contributed by atoms with Gasteiger partial charge in [0.25, 0.3) is 0 Å². The van der Waals surface area contributed by atoms with E-state index in [1.807, 2.05) is 42.2 Å². The zero-order valence-electron chi connectivity index (χ0n) is 8.44. The molecule has 0 aliphatic carbocycles. The maximum Gasteiger partial charge on any atom is 0.0671 e. The fourth-order valence-electron chi connectivity index (χ4n) is 1.45. The summed E-state index contributed by atoms with van der Waals surface area (Å²) in [6, 6.07) is 5.87. The minimum Gasteiger partial charge on any atom is -0.398 e. The van der Waals surface area contributed by atoms with Gasteiger partial charge in [-0.05, 0) is 40.0 Å². The van der Waals surface area contributed by atoms with Crippen LogP contribution in [0.25, 0.3) is 0 Å². The van der Waals surface area contributed by atoms with Gasteiger partial charge in [-0.3, -0.25) is 4.68 Å². The van der Waals surface area contributed by atoms with Crippen LogP contribution in [0.2, 0.25) is 0 Å². The quantitative estimate of drug-likeness (QED) is 0.849. The molecule has 2 N–H and O–H groups in total. The molecule has 0 aliphatic rings. The second-order valence-electron chi connectivity index (χ2n) is 3.54. The lowest BCUT2D eigenvalue weighted by Crippen LogP contribution is -2.01. The highest BCUT2D eigenvalue weighted by molar-refractivity contribution is 9.10. The van der Waals surface area contributed by atoms with Crippen LogP contribution in [0.15, 0.2) is 35.1 Å². The maximum absolute atomic E-state index is 5.80. The topological polar surface area (TPSA) is 43.8 Å². The van der Waals surface area contributed by atoms with E-state index in [-0.39, 0.29) is 0 Å². The fourth-order valence-corrected chi connectivity index (χ4v) is 1.84. The number of nitrogen functional groups attached to an aromatic ring is 1. The van der Waals surface area contributed by atoms with Crippen molar-refractivity contribution in [3.05, 3.63) is 46.2 Å². The van der Waals surface area contributed by atoms with Gasteiger partial charge in [-0.1, -0.05) is 12.1 Å². The van der Waals surface area contributed by atoms with Crippen LogP contribution in [-0.2, 0) is 6.54 Å². The predicted molar refractivity (Wildman–Crippen MR) is 64.6 cm³/mol. The zero-order valence-corrected chi connectivity index (χ0v) is 10.0. The molecule has 0 saturated heterocycles. The lowest BCUT2D eigenvalue weighted by Gasteiger charge is -2.06. The average Bonchev–Trinajstić information content (AvgIpc) is 2.59. The molecule has 3 nitrogen and oxygen atoms in total. The molecule has 0 fully saturated rings. The number of hydrogen-bond acceptors (Lipinski definition) is 2. The number of hydrogen-bond donors (Lipinski definition) is 1. The van der Waals surface area contributed by atoms with E-state index in [1.165, 1.54) is 0 Å². The lowest BCUT2D eigenvalue weighted by molar-refractivity contribution is 0.685. The van der Waals surface area contributed by atoms with Crippen LogP contribution in [0.3, 0.4) is 0 Å². The molecule has 78 valence electrons. The molecule has 1 aromatic heterocycles. The van der Waals surface area contributed by atoms with E-state index >= 15 is 0 Å². The molecule has 0 amide bonds. The Balaban J connectivity index is 2.28. The number of nitrogens with zero attached hydrogens (tertiary/aromatic N) is 2. The highest BCUT2D eigenvalue weighted by Crippen LogP contribution is 2.24. The van der Waals surface area contributed by atoms with Crippen molar-refractivity contribution in [3.63, 3.8) is 0 Å². The molecule has 0 radical (unpaired) electrons. The van der Waals surface area contributed by atoms with Gasteiger partial charge in [0.2, 0.25) is 0 Å². The number of halogens is 1. The largest absolute Gasteiger partial charge is 0.398 e. The first-order valence-corrected chi connectivity index (χ1v) is 5.48. The summed E-state index contributed by atoms with van der Waals surface area (Å²) in [5, 5.41) is 4.24. The van der Waals surface area contributed by atoms with E-state index in [0.29, 0.717) is 0 Å². The van der Waals surface area contributed by atoms with E-state index in [0.717, 1.165) is 27.8 Å². The number of rotatable bonds is 2. The Morgan fingerprint density at radius 3 is 2.93 bits per heavy atom. The van der Waals surface area contributed by atoms with Crippen molar-refractivity contribution in [1.82, 2.24) is 9.78 Å². The molecule has 0 atom stereocenters. The molecule has 2 aromatic rings. The Kier molecular flexibility index (Phi) is 2.77. The fraction of sp³-hybridized carbons (Fsp3) is 0.182. The number of aryl methyl sites for hydroxylation is 1. The first kappa shape index (κ1) is 10.2. The van der Waals surface area contributed by atoms with Gasteiger partial charge in [-0.2, -0.15) is 5.10 Å². The summed E-state index contributed by atoms with van der Waals surface area (Å²) >= 11 is 3.48. The predicted octanol–water partition coefficient (Wildman–Crippen LogP) is 2.58. The van der Waals surface area contributed by atoms with Gasteiger partial charge in [0, 0.05) is 16.4 Å². The summed E-state index contributed by atoms with van der Waals surface area (Å²) in [6.45, 7) is 2.76. The Bertz CT molecular complexity index is 476. The summed E-state index contributed by atoms with van der Waals surface area (Å²) in [5.74, 6) is 0. The molecule has 0 unspecified atom stereocenters. The first-order chi connectivity index (χ1) is 7.16. The monoisotopic (exact) mass is 265 g/mol. The van der Waals surface area contributed by atoms with E-state index < -0.39 is 0 Å². The number of anilines is 1. The van der Waals surface area contributed by atoms with Crippen LogP contribution in [-0.4, -0.2) is 9.78 Å². The van der Waals surface area contributed by atoms with Gasteiger partial charge in [-0.15, -0.1) is 0 Å². The van der Waals surface area contributed by atoms with Crippen LogP contribution < -0.4 is 5.73 Å². The van der Waals surface area contributed by atoms with Crippen LogP contribution in [0, 0.1) is 6.92 Å². The summed E-state index contributed by atoms with van der Waals surface area (Å²) in [6.07, 6.45) is 3.86. The van der Waals surface area contributed by atoms with Crippen LogP contribution in [0.1, 0.15) is 11.1 Å². The number of benzene rings is 1. The van der Waals surface area contributed by atoms with Crippen LogP contribution >= 0.6 is 15.9 Å². The highest BCUT2D eigenvalue weighted by atomic mass is 79.9. The average molecular weight is 266 g/mol. The smallest absolute Gasteiger partial charge is 0.0671 e. The Morgan fingerprint density at radius 2 is 2.27 bits per heavy atom. The normalized spacial score (nSPS) is 10.5. The summed E-state index contributed by atoms with van der Waals surface area (Å²) in [7, 11) is 0. The molecule has 0 spiro atoms. The van der Waals surface area contributed by atoms with Crippen molar-refractivity contribution in [2.75, 3.05) is 5.73 Å². The molecule has 0 saturated carbocycles. The standard InChI is InChI=1S/C11H12BrN3/c1-8-5-14-15(6-8)7-9-3-2-4-10(13)11(9)12/h2-6H,7,13H2,1H3. The summed E-state index contributed by atoms with van der Waals surface area (Å²) in [4.78, 5) is 0. The second-order valence-corrected chi connectivity index (χ2v) is 4.33. The van der Waals surface area contributed by atoms with Crippen molar-refractivity contribution >= 4 is 21.6 Å². The van der Waals surface area contributed by atoms with Gasteiger partial charge in [0.1, 0.15) is 0 Å². The molecular formula is C11H12BrN3. The Morgan fingerprint density at radius 1 is 1.47 bits per heavy atom. The third kappa shape index (κ3) is 2.21. The maximum atomic E-state index is 5.80. The third-order valence-corrected chi connectivity index (χ3v) is 3.17. The first-order valence-electron chi connectivity index (χ1n) is 4.69. The minimum absolute atomic E-state index is 0.736. The van der Waals surface area contributed by atoms with Crippen molar-refractivity contribution in [2.24, 2.45) is 0 Å². The number of nitrogens with two attached hydrogens (primary N) is 1. The number of aromatic nitrogens is 2. The second kappa shape index (κ2) is 4.06. The van der Waals surface area contributed by atoms with Crippen LogP contribution in [0.5, 0.6) is 0 Å². The van der Waals surface area contributed by atoms with E-state index in [2.05, 4.69) is 21.0 Å². The third-order valence-electron chi connectivity index (χ3n) is 2.20. The van der Waals surface area contributed by atoms with Crippen molar-refractivity contribution in [3.8, 4) is 0 Å². The van der Waals surface area contributed by atoms with E-state index in [9.17, 15) is 0 Å². The minimum atomic E-state index is 0.736. The van der Waals surface area contributed by atoms with Gasteiger partial charge >= 0.3 is 0 Å². The SMILES string of the molecule is Cc1cnn(Cc2cccc(N)c2Br)c1. The molecule has 1 aromatic carbocycles. The molecular weight excluding hydrogens is 254 g/mol. The van der Waals surface area contributed by atoms with Gasteiger partial charge < -0.3 is 5.73 Å². The van der Waals surface area contributed by atoms with E-state index in [4.69, 9.17) is 5.73 Å². The van der Waals surface area contributed by atoms with Crippen molar-refractivity contribution < 1.29 is 0 Å². The van der Waals surface area contributed by atoms with Gasteiger partial charge in [-0.25, -0.2) is 0 Å². The molecule has 0 aliphatic heterocycles. The van der Waals surface area contributed by atoms with Crippen LogP contribution in [0.4, 0.5) is 5.69 Å². The molecule has 2 rings (SSSR count). The lowest BCUT2D eigenvalue weighted by atomic mass is 10.2. The van der Waals surface area contributed by atoms with Gasteiger partial charge in [0.05, 0.1) is 12.7 Å². The summed E-state index contributed by atoms with van der Waals surface area (Å²) in [5.41, 5.74) is 8.86. The molecule has 1 heterocycles. The summed E-state index contributed by atoms with van der Waals surface area (Å²) < 4.78 is 2.85. The van der Waals surface area contributed by atoms with Crippen molar-refractivity contribution in [1.29, 1.82) is 0 Å². The van der Waals surface area contributed by atoms with Crippen molar-refractivity contribution in [2.45, 2.75) is 13.5 Å².